The van der Waals surface area contributed by atoms with E-state index in [1.54, 1.807) is 0 Å². The van der Waals surface area contributed by atoms with Gasteiger partial charge in [-0.3, -0.25) is 9.52 Å². The Morgan fingerprint density at radius 1 is 0.912 bits per heavy atom. The van der Waals surface area contributed by atoms with E-state index in [9.17, 15) is 26.4 Å². The molecule has 0 saturated carbocycles. The second-order valence-electron chi connectivity index (χ2n) is 6.74. The number of carbonyl (C=O) groups excluding carboxylic acids is 1. The summed E-state index contributed by atoms with van der Waals surface area (Å²) in [4.78, 5) is 11.9. The molecule has 0 heterocycles. The molecular formula is C21H14Cl3F3N2O4S. The maximum atomic E-state index is 12.8. The number of ether oxygens (including phenoxy) is 1. The van der Waals surface area contributed by atoms with Crippen molar-refractivity contribution < 1.29 is 31.1 Å². The van der Waals surface area contributed by atoms with Gasteiger partial charge in [0, 0.05) is 5.69 Å². The van der Waals surface area contributed by atoms with E-state index in [1.165, 1.54) is 42.5 Å². The number of anilines is 2. The number of amides is 1. The molecule has 0 saturated heterocycles. The normalized spacial score (nSPS) is 11.7. The minimum Gasteiger partial charge on any atom is -0.484 e. The fourth-order valence-electron chi connectivity index (χ4n) is 2.64. The van der Waals surface area contributed by atoms with E-state index < -0.39 is 34.3 Å². The summed E-state index contributed by atoms with van der Waals surface area (Å²) in [5.41, 5.74) is -1.00. The van der Waals surface area contributed by atoms with Gasteiger partial charge in [-0.2, -0.15) is 13.2 Å². The Balaban J connectivity index is 1.62. The summed E-state index contributed by atoms with van der Waals surface area (Å²) >= 11 is 17.7. The van der Waals surface area contributed by atoms with Crippen molar-refractivity contribution in [3.05, 3.63) is 81.3 Å². The van der Waals surface area contributed by atoms with Gasteiger partial charge < -0.3 is 10.1 Å². The Morgan fingerprint density at radius 3 is 2.21 bits per heavy atom. The van der Waals surface area contributed by atoms with Crippen LogP contribution in [0.3, 0.4) is 0 Å². The summed E-state index contributed by atoms with van der Waals surface area (Å²) in [6.45, 7) is -0.425. The highest BCUT2D eigenvalue weighted by atomic mass is 35.5. The van der Waals surface area contributed by atoms with Crippen LogP contribution in [0, 0.1) is 0 Å². The zero-order valence-corrected chi connectivity index (χ0v) is 19.9. The van der Waals surface area contributed by atoms with Crippen molar-refractivity contribution in [2.24, 2.45) is 0 Å². The van der Waals surface area contributed by atoms with Gasteiger partial charge in [0.25, 0.3) is 15.9 Å². The number of carbonyl (C=O) groups is 1. The first kappa shape index (κ1) is 26.0. The van der Waals surface area contributed by atoms with Crippen molar-refractivity contribution in [1.29, 1.82) is 0 Å². The Kier molecular flexibility index (Phi) is 7.87. The Morgan fingerprint density at radius 2 is 1.56 bits per heavy atom. The zero-order valence-electron chi connectivity index (χ0n) is 16.8. The first-order chi connectivity index (χ1) is 15.8. The third kappa shape index (κ3) is 6.69. The molecule has 3 aromatic rings. The molecule has 0 bridgehead atoms. The number of benzene rings is 3. The second-order valence-corrected chi connectivity index (χ2v) is 9.64. The minimum absolute atomic E-state index is 0.172. The summed E-state index contributed by atoms with van der Waals surface area (Å²) < 4.78 is 70.9. The highest BCUT2D eigenvalue weighted by molar-refractivity contribution is 7.92. The first-order valence-corrected chi connectivity index (χ1v) is 11.8. The van der Waals surface area contributed by atoms with Crippen LogP contribution in [0.15, 0.2) is 65.6 Å². The molecule has 0 atom stereocenters. The largest absolute Gasteiger partial charge is 0.484 e. The third-order valence-corrected chi connectivity index (χ3v) is 6.66. The molecule has 0 aromatic heterocycles. The van der Waals surface area contributed by atoms with E-state index in [0.717, 1.165) is 12.1 Å². The minimum atomic E-state index is -4.61. The molecule has 34 heavy (non-hydrogen) atoms. The first-order valence-electron chi connectivity index (χ1n) is 9.22. The van der Waals surface area contributed by atoms with Gasteiger partial charge in [0.1, 0.15) is 5.75 Å². The van der Waals surface area contributed by atoms with Crippen LogP contribution in [0.5, 0.6) is 5.75 Å². The number of halogens is 6. The zero-order chi connectivity index (χ0) is 25.1. The van der Waals surface area contributed by atoms with Crippen molar-refractivity contribution in [3.8, 4) is 5.75 Å². The van der Waals surface area contributed by atoms with Crippen LogP contribution in [0.25, 0.3) is 0 Å². The lowest BCUT2D eigenvalue weighted by Gasteiger charge is -2.12. The van der Waals surface area contributed by atoms with E-state index >= 15 is 0 Å². The van der Waals surface area contributed by atoms with Gasteiger partial charge in [0.05, 0.1) is 31.2 Å². The number of rotatable bonds is 7. The molecule has 0 radical (unpaired) electrons. The number of sulfonamides is 1. The fourth-order valence-corrected chi connectivity index (χ4v) is 4.29. The van der Waals surface area contributed by atoms with Gasteiger partial charge in [0.2, 0.25) is 0 Å². The average Bonchev–Trinajstić information content (AvgIpc) is 2.75. The lowest BCUT2D eigenvalue weighted by Crippen LogP contribution is -2.20. The van der Waals surface area contributed by atoms with Crippen LogP contribution in [0.1, 0.15) is 5.56 Å². The number of alkyl halides is 3. The van der Waals surface area contributed by atoms with Crippen molar-refractivity contribution in [2.45, 2.75) is 11.1 Å². The van der Waals surface area contributed by atoms with Gasteiger partial charge in [-0.25, -0.2) is 8.42 Å². The summed E-state index contributed by atoms with van der Waals surface area (Å²) in [5.74, 6) is -0.392. The molecular weight excluding hydrogens is 540 g/mol. The summed E-state index contributed by atoms with van der Waals surface area (Å²) in [5, 5.41) is 3.09. The Labute approximate surface area is 207 Å². The van der Waals surface area contributed by atoms with Gasteiger partial charge in [-0.1, -0.05) is 40.9 Å². The Hall–Kier alpha value is -2.66. The smallest absolute Gasteiger partial charge is 0.416 e. The van der Waals surface area contributed by atoms with E-state index in [-0.39, 0.29) is 37.1 Å². The van der Waals surface area contributed by atoms with Gasteiger partial charge in [0.15, 0.2) is 6.61 Å². The average molecular weight is 554 g/mol. The highest BCUT2D eigenvalue weighted by Gasteiger charge is 2.30. The SMILES string of the molecule is O=C(COc1ccc(S(=O)(=O)Nc2cccc(C(F)(F)F)c2)cc1)Nc1cc(Cl)c(Cl)cc1Cl. The maximum absolute atomic E-state index is 12.8. The van der Waals surface area contributed by atoms with Crippen LogP contribution in [0.4, 0.5) is 24.5 Å². The van der Waals surface area contributed by atoms with Crippen molar-refractivity contribution in [2.75, 3.05) is 16.6 Å². The molecule has 3 rings (SSSR count). The summed E-state index contributed by atoms with van der Waals surface area (Å²) in [6, 6.07) is 11.5. The summed E-state index contributed by atoms with van der Waals surface area (Å²) in [6.07, 6.45) is -4.61. The van der Waals surface area contributed by atoms with E-state index in [4.69, 9.17) is 39.5 Å². The van der Waals surface area contributed by atoms with Crippen LogP contribution in [0.2, 0.25) is 15.1 Å². The lowest BCUT2D eigenvalue weighted by molar-refractivity contribution is -0.137. The van der Waals surface area contributed by atoms with Gasteiger partial charge >= 0.3 is 6.18 Å². The monoisotopic (exact) mass is 552 g/mol. The second kappa shape index (κ2) is 10.3. The summed E-state index contributed by atoms with van der Waals surface area (Å²) in [7, 11) is -4.17. The molecule has 0 aliphatic heterocycles. The van der Waals surface area contributed by atoms with Crippen molar-refractivity contribution >= 4 is 62.1 Å². The van der Waals surface area contributed by atoms with E-state index in [2.05, 4.69) is 10.0 Å². The standard InChI is InChI=1S/C21H14Cl3F3N2O4S/c22-16-9-18(24)19(10-17(16)23)28-20(30)11-33-14-4-6-15(7-5-14)34(31,32)29-13-3-1-2-12(8-13)21(25,26)27/h1-10,29H,11H2,(H,28,30). The maximum Gasteiger partial charge on any atom is 0.416 e. The topological polar surface area (TPSA) is 84.5 Å². The van der Waals surface area contributed by atoms with Crippen LogP contribution < -0.4 is 14.8 Å². The molecule has 6 nitrogen and oxygen atoms in total. The van der Waals surface area contributed by atoms with Crippen molar-refractivity contribution in [3.63, 3.8) is 0 Å². The fraction of sp³-hybridized carbons (Fsp3) is 0.0952. The molecule has 1 amide bonds. The predicted molar refractivity (Wildman–Crippen MR) is 124 cm³/mol. The molecule has 0 unspecified atom stereocenters. The van der Waals surface area contributed by atoms with Crippen LogP contribution in [-0.2, 0) is 21.0 Å². The van der Waals surface area contributed by atoms with Gasteiger partial charge in [-0.15, -0.1) is 0 Å². The highest BCUT2D eigenvalue weighted by Crippen LogP contribution is 2.33. The van der Waals surface area contributed by atoms with E-state index in [1.807, 2.05) is 0 Å². The van der Waals surface area contributed by atoms with Gasteiger partial charge in [-0.05, 0) is 54.6 Å². The number of hydrogen-bond donors (Lipinski definition) is 2. The van der Waals surface area contributed by atoms with Crippen LogP contribution in [-0.4, -0.2) is 20.9 Å². The molecule has 0 aliphatic carbocycles. The quantitative estimate of drug-likeness (QED) is 0.328. The third-order valence-electron chi connectivity index (χ3n) is 4.23. The molecule has 0 aliphatic rings. The van der Waals surface area contributed by atoms with Crippen molar-refractivity contribution in [1.82, 2.24) is 0 Å². The number of hydrogen-bond acceptors (Lipinski definition) is 4. The lowest BCUT2D eigenvalue weighted by atomic mass is 10.2. The molecule has 0 fully saturated rings. The molecule has 2 N–H and O–H groups in total. The predicted octanol–water partition coefficient (Wildman–Crippen LogP) is 6.48. The molecule has 13 heteroatoms. The molecule has 3 aromatic carbocycles. The Bertz CT molecular complexity index is 1320. The number of nitrogens with one attached hydrogen (secondary N) is 2. The van der Waals surface area contributed by atoms with Crippen LogP contribution >= 0.6 is 34.8 Å². The molecule has 180 valence electrons. The molecule has 0 spiro atoms. The van der Waals surface area contributed by atoms with E-state index in [0.29, 0.717) is 6.07 Å².